The number of rotatable bonds is 7. The number of carbonyl (C=O) groups excluding carboxylic acids is 2. The third-order valence-electron chi connectivity index (χ3n) is 4.77. The van der Waals surface area contributed by atoms with Crippen LogP contribution in [0.25, 0.3) is 0 Å². The standard InChI is InChI=1S/C21H25N3O2.ClH/c22-19(13-15-6-2-1-3-7-15)21(26)23-14-16-8-4-11-18(12-16)24-20(25)17-9-5-10-17;/h1-4,6-8,11-12,17,19H,5,9-10,13-14,22H2,(H,23,26)(H,24,25);1H/t19-;/m0./s1. The maximum Gasteiger partial charge on any atom is 0.237 e. The zero-order valence-corrected chi connectivity index (χ0v) is 16.0. The smallest absolute Gasteiger partial charge is 0.237 e. The molecule has 0 heterocycles. The van der Waals surface area contributed by atoms with E-state index in [0.717, 1.165) is 36.1 Å². The molecule has 0 bridgehead atoms. The first-order chi connectivity index (χ1) is 12.6. The highest BCUT2D eigenvalue weighted by molar-refractivity contribution is 5.93. The molecule has 27 heavy (non-hydrogen) atoms. The number of amides is 2. The van der Waals surface area contributed by atoms with Gasteiger partial charge in [0.1, 0.15) is 0 Å². The average molecular weight is 388 g/mol. The normalized spacial score (nSPS) is 14.4. The summed E-state index contributed by atoms with van der Waals surface area (Å²) in [6, 6.07) is 16.7. The van der Waals surface area contributed by atoms with Crippen LogP contribution in [0.3, 0.4) is 0 Å². The van der Waals surface area contributed by atoms with E-state index in [1.54, 1.807) is 0 Å². The van der Waals surface area contributed by atoms with Crippen molar-refractivity contribution in [3.05, 3.63) is 65.7 Å². The van der Waals surface area contributed by atoms with Gasteiger partial charge in [-0.1, -0.05) is 48.9 Å². The van der Waals surface area contributed by atoms with Gasteiger partial charge >= 0.3 is 0 Å². The minimum absolute atomic E-state index is 0. The first kappa shape index (κ1) is 20.9. The summed E-state index contributed by atoms with van der Waals surface area (Å²) in [4.78, 5) is 24.3. The van der Waals surface area contributed by atoms with Gasteiger partial charge in [0.05, 0.1) is 6.04 Å². The fourth-order valence-electron chi connectivity index (χ4n) is 2.95. The minimum Gasteiger partial charge on any atom is -0.351 e. The first-order valence-corrected chi connectivity index (χ1v) is 9.09. The second kappa shape index (κ2) is 10.1. The molecule has 0 aromatic heterocycles. The number of nitrogens with one attached hydrogen (secondary N) is 2. The Morgan fingerprint density at radius 2 is 1.74 bits per heavy atom. The van der Waals surface area contributed by atoms with E-state index >= 15 is 0 Å². The zero-order chi connectivity index (χ0) is 18.4. The van der Waals surface area contributed by atoms with Crippen molar-refractivity contribution in [2.75, 3.05) is 5.32 Å². The van der Waals surface area contributed by atoms with Crippen molar-refractivity contribution in [1.82, 2.24) is 5.32 Å². The lowest BCUT2D eigenvalue weighted by Crippen LogP contribution is -2.41. The summed E-state index contributed by atoms with van der Waals surface area (Å²) >= 11 is 0. The van der Waals surface area contributed by atoms with Crippen molar-refractivity contribution in [1.29, 1.82) is 0 Å². The van der Waals surface area contributed by atoms with Crippen LogP contribution in [-0.4, -0.2) is 17.9 Å². The van der Waals surface area contributed by atoms with Crippen molar-refractivity contribution in [3.63, 3.8) is 0 Å². The van der Waals surface area contributed by atoms with Gasteiger partial charge in [-0.05, 0) is 42.5 Å². The molecular formula is C21H26ClN3O2. The molecule has 0 spiro atoms. The van der Waals surface area contributed by atoms with E-state index in [-0.39, 0.29) is 30.1 Å². The number of benzene rings is 2. The fourth-order valence-corrected chi connectivity index (χ4v) is 2.95. The van der Waals surface area contributed by atoms with Gasteiger partial charge in [0, 0.05) is 18.2 Å². The molecule has 6 heteroatoms. The van der Waals surface area contributed by atoms with E-state index in [2.05, 4.69) is 10.6 Å². The van der Waals surface area contributed by atoms with E-state index in [4.69, 9.17) is 5.73 Å². The van der Waals surface area contributed by atoms with Crippen LogP contribution in [0.4, 0.5) is 5.69 Å². The van der Waals surface area contributed by atoms with Crippen LogP contribution < -0.4 is 16.4 Å². The highest BCUT2D eigenvalue weighted by Crippen LogP contribution is 2.27. The molecule has 1 aliphatic rings. The fraction of sp³-hybridized carbons (Fsp3) is 0.333. The van der Waals surface area contributed by atoms with Gasteiger partial charge in [0.2, 0.25) is 11.8 Å². The molecule has 1 fully saturated rings. The van der Waals surface area contributed by atoms with Crippen LogP contribution in [0.15, 0.2) is 54.6 Å². The Hall–Kier alpha value is -2.37. The molecule has 0 aliphatic heterocycles. The predicted octanol–water partition coefficient (Wildman–Crippen LogP) is 3.03. The van der Waals surface area contributed by atoms with Crippen LogP contribution in [0.2, 0.25) is 0 Å². The van der Waals surface area contributed by atoms with Gasteiger partial charge in [0.25, 0.3) is 0 Å². The Kier molecular flexibility index (Phi) is 7.82. The molecule has 1 aliphatic carbocycles. The minimum atomic E-state index is -0.584. The van der Waals surface area contributed by atoms with Crippen LogP contribution in [-0.2, 0) is 22.6 Å². The number of halogens is 1. The summed E-state index contributed by atoms with van der Waals surface area (Å²) in [5.74, 6) is 0.0504. The largest absolute Gasteiger partial charge is 0.351 e. The second-order valence-corrected chi connectivity index (χ2v) is 6.83. The molecule has 2 aromatic rings. The van der Waals surface area contributed by atoms with E-state index < -0.39 is 6.04 Å². The molecule has 1 atom stereocenters. The Balaban J connectivity index is 0.00000261. The van der Waals surface area contributed by atoms with Crippen LogP contribution in [0.1, 0.15) is 30.4 Å². The average Bonchev–Trinajstić information content (AvgIpc) is 2.59. The lowest BCUT2D eigenvalue weighted by molar-refractivity contribution is -0.123. The van der Waals surface area contributed by atoms with Crippen LogP contribution >= 0.6 is 12.4 Å². The molecular weight excluding hydrogens is 362 g/mol. The molecule has 1 saturated carbocycles. The number of hydrogen-bond donors (Lipinski definition) is 3. The summed E-state index contributed by atoms with van der Waals surface area (Å²) in [7, 11) is 0. The summed E-state index contributed by atoms with van der Waals surface area (Å²) in [6.07, 6.45) is 3.58. The Bertz CT molecular complexity index is 763. The van der Waals surface area contributed by atoms with Gasteiger partial charge in [-0.15, -0.1) is 12.4 Å². The topological polar surface area (TPSA) is 84.2 Å². The third-order valence-corrected chi connectivity index (χ3v) is 4.77. The molecule has 144 valence electrons. The predicted molar refractivity (Wildman–Crippen MR) is 110 cm³/mol. The quantitative estimate of drug-likeness (QED) is 0.682. The molecule has 2 amide bonds. The van der Waals surface area contributed by atoms with Crippen LogP contribution in [0, 0.1) is 5.92 Å². The summed E-state index contributed by atoms with van der Waals surface area (Å²) < 4.78 is 0. The van der Waals surface area contributed by atoms with Crippen molar-refractivity contribution >= 4 is 29.9 Å². The zero-order valence-electron chi connectivity index (χ0n) is 15.2. The monoisotopic (exact) mass is 387 g/mol. The summed E-state index contributed by atoms with van der Waals surface area (Å²) in [6.45, 7) is 0.383. The molecule has 0 unspecified atom stereocenters. The Morgan fingerprint density at radius 3 is 2.41 bits per heavy atom. The molecule has 0 saturated heterocycles. The first-order valence-electron chi connectivity index (χ1n) is 9.09. The Morgan fingerprint density at radius 1 is 1.04 bits per heavy atom. The third kappa shape index (κ3) is 6.08. The maximum absolute atomic E-state index is 12.2. The van der Waals surface area contributed by atoms with Crippen molar-refractivity contribution in [3.8, 4) is 0 Å². The van der Waals surface area contributed by atoms with Gasteiger partial charge in [-0.2, -0.15) is 0 Å². The summed E-state index contributed by atoms with van der Waals surface area (Å²) in [5.41, 5.74) is 8.73. The number of carbonyl (C=O) groups is 2. The lowest BCUT2D eigenvalue weighted by Gasteiger charge is -2.24. The van der Waals surface area contributed by atoms with Gasteiger partial charge < -0.3 is 16.4 Å². The van der Waals surface area contributed by atoms with E-state index in [1.807, 2.05) is 54.6 Å². The molecule has 4 N–H and O–H groups in total. The van der Waals surface area contributed by atoms with Gasteiger partial charge in [0.15, 0.2) is 0 Å². The number of nitrogens with two attached hydrogens (primary N) is 1. The summed E-state index contributed by atoms with van der Waals surface area (Å²) in [5, 5.41) is 5.82. The van der Waals surface area contributed by atoms with Gasteiger partial charge in [-0.3, -0.25) is 9.59 Å². The number of hydrogen-bond acceptors (Lipinski definition) is 3. The van der Waals surface area contributed by atoms with Crippen LogP contribution in [0.5, 0.6) is 0 Å². The molecule has 5 nitrogen and oxygen atoms in total. The van der Waals surface area contributed by atoms with Crippen molar-refractivity contribution in [2.45, 2.75) is 38.3 Å². The van der Waals surface area contributed by atoms with E-state index in [9.17, 15) is 9.59 Å². The van der Waals surface area contributed by atoms with Crippen molar-refractivity contribution < 1.29 is 9.59 Å². The van der Waals surface area contributed by atoms with Gasteiger partial charge in [-0.25, -0.2) is 0 Å². The SMILES string of the molecule is Cl.N[C@@H](Cc1ccccc1)C(=O)NCc1cccc(NC(=O)C2CCC2)c1. The second-order valence-electron chi connectivity index (χ2n) is 6.83. The molecule has 3 rings (SSSR count). The van der Waals surface area contributed by atoms with E-state index in [0.29, 0.717) is 13.0 Å². The maximum atomic E-state index is 12.2. The molecule has 2 aromatic carbocycles. The Labute approximate surface area is 166 Å². The lowest BCUT2D eigenvalue weighted by atomic mass is 9.85. The molecule has 0 radical (unpaired) electrons. The van der Waals surface area contributed by atoms with E-state index in [1.165, 1.54) is 0 Å². The number of anilines is 1. The highest BCUT2D eigenvalue weighted by Gasteiger charge is 2.25. The van der Waals surface area contributed by atoms with Crippen molar-refractivity contribution in [2.24, 2.45) is 11.7 Å². The highest BCUT2D eigenvalue weighted by atomic mass is 35.5.